The molecule has 3 heteroatoms. The normalized spacial score (nSPS) is 12.1. The zero-order valence-corrected chi connectivity index (χ0v) is 9.58. The number of aliphatic hydroxyl groups is 1. The Balaban J connectivity index is 2.89. The van der Waals surface area contributed by atoms with Gasteiger partial charge in [0.1, 0.15) is 11.3 Å². The second-order valence-corrected chi connectivity index (χ2v) is 4.51. The minimum atomic E-state index is -1.00. The number of rotatable bonds is 1. The Labute approximate surface area is 93.8 Å². The molecular formula is C13H14FNO. The first kappa shape index (κ1) is 11.0. The molecular weight excluding hydrogens is 205 g/mol. The maximum absolute atomic E-state index is 13.6. The van der Waals surface area contributed by atoms with Gasteiger partial charge in [0.25, 0.3) is 0 Å². The number of hydrogen-bond acceptors (Lipinski definition) is 2. The van der Waals surface area contributed by atoms with Crippen LogP contribution in [0.2, 0.25) is 0 Å². The fourth-order valence-electron chi connectivity index (χ4n) is 1.85. The van der Waals surface area contributed by atoms with Crippen molar-refractivity contribution in [3.8, 4) is 0 Å². The molecule has 0 saturated carbocycles. The van der Waals surface area contributed by atoms with Gasteiger partial charge in [0, 0.05) is 11.1 Å². The van der Waals surface area contributed by atoms with E-state index in [0.29, 0.717) is 22.2 Å². The number of aryl methyl sites for hydroxylation is 1. The summed E-state index contributed by atoms with van der Waals surface area (Å²) in [6, 6.07) is 6.58. The van der Waals surface area contributed by atoms with Crippen molar-refractivity contribution in [2.45, 2.75) is 26.4 Å². The summed E-state index contributed by atoms with van der Waals surface area (Å²) in [7, 11) is 0. The average Bonchev–Trinajstić information content (AvgIpc) is 2.17. The third kappa shape index (κ3) is 1.78. The number of pyridine rings is 1. The van der Waals surface area contributed by atoms with E-state index in [9.17, 15) is 9.50 Å². The number of aromatic nitrogens is 1. The van der Waals surface area contributed by atoms with Crippen molar-refractivity contribution < 1.29 is 9.50 Å². The van der Waals surface area contributed by atoms with E-state index in [1.54, 1.807) is 39.0 Å². The van der Waals surface area contributed by atoms with Gasteiger partial charge in [0.05, 0.1) is 5.60 Å². The maximum atomic E-state index is 13.6. The summed E-state index contributed by atoms with van der Waals surface area (Å²) in [6.07, 6.45) is 0. The standard InChI is InChI=1S/C13H14FNO/c1-8-7-10(13(2,3)16)9-5-4-6-11(14)12(9)15-8/h4-7,16H,1-3H3. The van der Waals surface area contributed by atoms with Gasteiger partial charge in [-0.2, -0.15) is 0 Å². The van der Waals surface area contributed by atoms with Crippen LogP contribution in [0.15, 0.2) is 24.3 Å². The van der Waals surface area contributed by atoms with Crippen molar-refractivity contribution in [1.82, 2.24) is 4.98 Å². The summed E-state index contributed by atoms with van der Waals surface area (Å²) < 4.78 is 13.6. The Morgan fingerprint density at radius 1 is 1.31 bits per heavy atom. The predicted octanol–water partition coefficient (Wildman–Crippen LogP) is 2.91. The van der Waals surface area contributed by atoms with E-state index < -0.39 is 5.60 Å². The third-order valence-corrected chi connectivity index (χ3v) is 2.58. The van der Waals surface area contributed by atoms with Gasteiger partial charge in [0.2, 0.25) is 0 Å². The summed E-state index contributed by atoms with van der Waals surface area (Å²) in [6.45, 7) is 5.17. The van der Waals surface area contributed by atoms with Gasteiger partial charge in [0.15, 0.2) is 0 Å². The van der Waals surface area contributed by atoms with Crippen molar-refractivity contribution in [1.29, 1.82) is 0 Å². The molecule has 0 unspecified atom stereocenters. The van der Waals surface area contributed by atoms with E-state index in [1.807, 2.05) is 0 Å². The van der Waals surface area contributed by atoms with Gasteiger partial charge < -0.3 is 5.11 Å². The number of benzene rings is 1. The molecule has 0 spiro atoms. The lowest BCUT2D eigenvalue weighted by Gasteiger charge is -2.20. The predicted molar refractivity (Wildman–Crippen MR) is 61.7 cm³/mol. The van der Waals surface area contributed by atoms with Crippen LogP contribution in [-0.2, 0) is 5.60 Å². The highest BCUT2D eigenvalue weighted by Gasteiger charge is 2.20. The van der Waals surface area contributed by atoms with Gasteiger partial charge in [-0.25, -0.2) is 4.39 Å². The fraction of sp³-hybridized carbons (Fsp3) is 0.308. The molecule has 0 aliphatic heterocycles. The topological polar surface area (TPSA) is 33.1 Å². The highest BCUT2D eigenvalue weighted by molar-refractivity contribution is 5.83. The third-order valence-electron chi connectivity index (χ3n) is 2.58. The van der Waals surface area contributed by atoms with Crippen LogP contribution in [-0.4, -0.2) is 10.1 Å². The SMILES string of the molecule is Cc1cc(C(C)(C)O)c2cccc(F)c2n1. The monoisotopic (exact) mass is 219 g/mol. The van der Waals surface area contributed by atoms with Crippen LogP contribution in [0.4, 0.5) is 4.39 Å². The molecule has 1 heterocycles. The molecule has 2 rings (SSSR count). The maximum Gasteiger partial charge on any atom is 0.149 e. The van der Waals surface area contributed by atoms with Gasteiger partial charge in [-0.1, -0.05) is 12.1 Å². The molecule has 0 saturated heterocycles. The summed E-state index contributed by atoms with van der Waals surface area (Å²) in [4.78, 5) is 4.16. The van der Waals surface area contributed by atoms with Crippen LogP contribution in [0.25, 0.3) is 10.9 Å². The Hall–Kier alpha value is -1.48. The minimum Gasteiger partial charge on any atom is -0.386 e. The summed E-state index contributed by atoms with van der Waals surface area (Å²) >= 11 is 0. The number of hydrogen-bond donors (Lipinski definition) is 1. The molecule has 0 aliphatic carbocycles. The Kier molecular flexibility index (Phi) is 2.43. The van der Waals surface area contributed by atoms with Crippen molar-refractivity contribution in [2.24, 2.45) is 0 Å². The van der Waals surface area contributed by atoms with Gasteiger partial charge in [-0.15, -0.1) is 0 Å². The van der Waals surface area contributed by atoms with Crippen LogP contribution in [0.3, 0.4) is 0 Å². The number of halogens is 1. The first-order chi connectivity index (χ1) is 7.39. The molecule has 2 aromatic rings. The first-order valence-electron chi connectivity index (χ1n) is 5.18. The van der Waals surface area contributed by atoms with E-state index >= 15 is 0 Å². The van der Waals surface area contributed by atoms with Crippen LogP contribution in [0.1, 0.15) is 25.1 Å². The Morgan fingerprint density at radius 2 is 2.00 bits per heavy atom. The van der Waals surface area contributed by atoms with Crippen LogP contribution in [0, 0.1) is 12.7 Å². The number of nitrogens with zero attached hydrogens (tertiary/aromatic N) is 1. The van der Waals surface area contributed by atoms with E-state index in [2.05, 4.69) is 4.98 Å². The molecule has 16 heavy (non-hydrogen) atoms. The van der Waals surface area contributed by atoms with Crippen LogP contribution < -0.4 is 0 Å². The fourth-order valence-corrected chi connectivity index (χ4v) is 1.85. The van der Waals surface area contributed by atoms with Crippen molar-refractivity contribution in [3.63, 3.8) is 0 Å². The van der Waals surface area contributed by atoms with E-state index in [4.69, 9.17) is 0 Å². The molecule has 0 amide bonds. The first-order valence-corrected chi connectivity index (χ1v) is 5.18. The summed E-state index contributed by atoms with van der Waals surface area (Å²) in [5.41, 5.74) is 0.726. The smallest absolute Gasteiger partial charge is 0.149 e. The summed E-state index contributed by atoms with van der Waals surface area (Å²) in [5, 5.41) is 10.7. The number of fused-ring (bicyclic) bond motifs is 1. The molecule has 1 aromatic carbocycles. The minimum absolute atomic E-state index is 0.319. The molecule has 2 nitrogen and oxygen atoms in total. The number of para-hydroxylation sites is 1. The van der Waals surface area contributed by atoms with E-state index in [0.717, 1.165) is 0 Å². The lowest BCUT2D eigenvalue weighted by atomic mass is 9.94. The molecule has 1 N–H and O–H groups in total. The summed E-state index contributed by atoms with van der Waals surface area (Å²) in [5.74, 6) is -0.355. The highest BCUT2D eigenvalue weighted by atomic mass is 19.1. The Bertz CT molecular complexity index is 543. The second-order valence-electron chi connectivity index (χ2n) is 4.51. The van der Waals surface area contributed by atoms with E-state index in [1.165, 1.54) is 6.07 Å². The molecule has 0 radical (unpaired) electrons. The molecule has 84 valence electrons. The zero-order valence-electron chi connectivity index (χ0n) is 9.58. The molecule has 0 fully saturated rings. The second kappa shape index (κ2) is 3.52. The molecule has 0 atom stereocenters. The van der Waals surface area contributed by atoms with Crippen LogP contribution >= 0.6 is 0 Å². The Morgan fingerprint density at radius 3 is 2.62 bits per heavy atom. The lowest BCUT2D eigenvalue weighted by Crippen LogP contribution is -2.16. The van der Waals surface area contributed by atoms with Gasteiger partial charge >= 0.3 is 0 Å². The van der Waals surface area contributed by atoms with Crippen molar-refractivity contribution in [2.75, 3.05) is 0 Å². The van der Waals surface area contributed by atoms with Gasteiger partial charge in [-0.05, 0) is 38.5 Å². The molecule has 0 aliphatic rings. The molecule has 0 bridgehead atoms. The van der Waals surface area contributed by atoms with Crippen LogP contribution in [0.5, 0.6) is 0 Å². The van der Waals surface area contributed by atoms with Gasteiger partial charge in [-0.3, -0.25) is 4.98 Å². The van der Waals surface area contributed by atoms with Crippen molar-refractivity contribution in [3.05, 3.63) is 41.3 Å². The zero-order chi connectivity index (χ0) is 11.9. The highest BCUT2D eigenvalue weighted by Crippen LogP contribution is 2.29. The molecule has 1 aromatic heterocycles. The van der Waals surface area contributed by atoms with Crippen molar-refractivity contribution >= 4 is 10.9 Å². The average molecular weight is 219 g/mol. The van der Waals surface area contributed by atoms with E-state index in [-0.39, 0.29) is 5.82 Å². The quantitative estimate of drug-likeness (QED) is 0.800. The largest absolute Gasteiger partial charge is 0.386 e. The lowest BCUT2D eigenvalue weighted by molar-refractivity contribution is 0.0800.